The zero-order chi connectivity index (χ0) is 38.9. The fourth-order valence-electron chi connectivity index (χ4n) is 8.94. The number of rotatable bonds is 6. The number of nitrogens with zero attached hydrogens (tertiary/aromatic N) is 4. The molecule has 0 saturated carbocycles. The molecular formula is C54H34N4S. The molecule has 0 N–H and O–H groups in total. The predicted octanol–water partition coefficient (Wildman–Crippen LogP) is 15.1. The first-order valence-corrected chi connectivity index (χ1v) is 20.7. The van der Waals surface area contributed by atoms with E-state index in [1.807, 2.05) is 11.3 Å². The average Bonchev–Trinajstić information content (AvgIpc) is 3.85. The van der Waals surface area contributed by atoms with Crippen LogP contribution in [0.1, 0.15) is 0 Å². The molecule has 0 aliphatic carbocycles. The monoisotopic (exact) mass is 770 g/mol. The van der Waals surface area contributed by atoms with Gasteiger partial charge in [-0.15, -0.1) is 11.3 Å². The van der Waals surface area contributed by atoms with Crippen LogP contribution in [0.3, 0.4) is 0 Å². The van der Waals surface area contributed by atoms with Gasteiger partial charge in [0.15, 0.2) is 0 Å². The van der Waals surface area contributed by atoms with Crippen molar-refractivity contribution in [1.82, 2.24) is 14.5 Å². The van der Waals surface area contributed by atoms with Gasteiger partial charge in [0, 0.05) is 64.5 Å². The molecule has 0 radical (unpaired) electrons. The maximum atomic E-state index is 5.49. The summed E-state index contributed by atoms with van der Waals surface area (Å²) in [6, 6.07) is 73.8. The third-order valence-corrected chi connectivity index (χ3v) is 12.7. The van der Waals surface area contributed by atoms with Crippen LogP contribution in [0.15, 0.2) is 206 Å². The lowest BCUT2D eigenvalue weighted by Gasteiger charge is -2.25. The van der Waals surface area contributed by atoms with E-state index >= 15 is 0 Å². The Kier molecular flexibility index (Phi) is 7.68. The lowest BCUT2D eigenvalue weighted by atomic mass is 9.97. The van der Waals surface area contributed by atoms with Crippen molar-refractivity contribution >= 4 is 92.1 Å². The number of para-hydroxylation sites is 5. The van der Waals surface area contributed by atoms with Gasteiger partial charge in [-0.3, -0.25) is 4.57 Å². The highest BCUT2D eigenvalue weighted by Crippen LogP contribution is 2.46. The summed E-state index contributed by atoms with van der Waals surface area (Å²) in [5.41, 5.74) is 10.7. The van der Waals surface area contributed by atoms with E-state index in [4.69, 9.17) is 9.97 Å². The minimum absolute atomic E-state index is 0.650. The Morgan fingerprint density at radius 1 is 0.424 bits per heavy atom. The van der Waals surface area contributed by atoms with Gasteiger partial charge in [-0.1, -0.05) is 140 Å². The molecule has 0 aliphatic heterocycles. The van der Waals surface area contributed by atoms with E-state index in [-0.39, 0.29) is 0 Å². The molecule has 276 valence electrons. The van der Waals surface area contributed by atoms with E-state index in [1.54, 1.807) is 0 Å². The number of thiophene rings is 1. The van der Waals surface area contributed by atoms with Gasteiger partial charge in [0.1, 0.15) is 0 Å². The van der Waals surface area contributed by atoms with Crippen LogP contribution >= 0.6 is 11.3 Å². The zero-order valence-electron chi connectivity index (χ0n) is 31.8. The first kappa shape index (κ1) is 33.5. The van der Waals surface area contributed by atoms with Crippen molar-refractivity contribution in [3.63, 3.8) is 0 Å². The Morgan fingerprint density at radius 2 is 1.10 bits per heavy atom. The second-order valence-electron chi connectivity index (χ2n) is 15.0. The summed E-state index contributed by atoms with van der Waals surface area (Å²) < 4.78 is 4.80. The van der Waals surface area contributed by atoms with E-state index in [9.17, 15) is 0 Å². The largest absolute Gasteiger partial charge is 0.310 e. The first-order valence-electron chi connectivity index (χ1n) is 19.9. The summed E-state index contributed by atoms with van der Waals surface area (Å²) in [6.07, 6.45) is 0. The fourth-order valence-corrected chi connectivity index (χ4v) is 10.1. The maximum absolute atomic E-state index is 5.49. The van der Waals surface area contributed by atoms with Crippen LogP contribution in [0.4, 0.5) is 17.1 Å². The van der Waals surface area contributed by atoms with Crippen molar-refractivity contribution in [3.05, 3.63) is 206 Å². The number of anilines is 3. The standard InChI is InChI=1S/C54H34N4S/c1-3-17-38(18-4-1)57(39-19-5-2-6-20-39)40-31-32-49-46(34-40)51-42(23-14-28-50(51)59-49)44-25-13-24-43-41-21-10-12-27-48(41)58(53(43)44)54-55-47-26-11-9-22-45(47)52(56-54)37-30-29-35-15-7-8-16-36(35)33-37/h1-34H. The molecule has 0 saturated heterocycles. The van der Waals surface area contributed by atoms with E-state index in [2.05, 4.69) is 216 Å². The lowest BCUT2D eigenvalue weighted by molar-refractivity contribution is 1.01. The highest BCUT2D eigenvalue weighted by molar-refractivity contribution is 7.26. The van der Waals surface area contributed by atoms with Crippen LogP contribution in [0.2, 0.25) is 0 Å². The van der Waals surface area contributed by atoms with Crippen LogP contribution in [-0.2, 0) is 0 Å². The molecule has 3 heterocycles. The predicted molar refractivity (Wildman–Crippen MR) is 250 cm³/mol. The van der Waals surface area contributed by atoms with E-state index in [0.29, 0.717) is 5.95 Å². The Labute approximate surface area is 344 Å². The van der Waals surface area contributed by atoms with Crippen molar-refractivity contribution in [3.8, 4) is 28.3 Å². The topological polar surface area (TPSA) is 34.0 Å². The molecule has 12 aromatic rings. The van der Waals surface area contributed by atoms with Crippen LogP contribution < -0.4 is 4.90 Å². The van der Waals surface area contributed by atoms with Crippen LogP contribution in [-0.4, -0.2) is 14.5 Å². The zero-order valence-corrected chi connectivity index (χ0v) is 32.6. The van der Waals surface area contributed by atoms with Gasteiger partial charge in [0.05, 0.1) is 22.2 Å². The third kappa shape index (κ3) is 5.43. The van der Waals surface area contributed by atoms with Crippen molar-refractivity contribution in [2.24, 2.45) is 0 Å². The van der Waals surface area contributed by atoms with Crippen LogP contribution in [0, 0.1) is 0 Å². The van der Waals surface area contributed by atoms with Gasteiger partial charge < -0.3 is 4.90 Å². The molecule has 3 aromatic heterocycles. The second-order valence-corrected chi connectivity index (χ2v) is 16.1. The van der Waals surface area contributed by atoms with Gasteiger partial charge in [-0.25, -0.2) is 9.97 Å². The van der Waals surface area contributed by atoms with E-state index in [1.165, 1.54) is 47.3 Å². The molecule has 9 aromatic carbocycles. The average molecular weight is 771 g/mol. The first-order chi connectivity index (χ1) is 29.3. The Hall–Kier alpha value is -7.60. The molecule has 0 atom stereocenters. The number of hydrogen-bond donors (Lipinski definition) is 0. The third-order valence-electron chi connectivity index (χ3n) is 11.6. The molecule has 0 fully saturated rings. The molecule has 0 unspecified atom stereocenters. The van der Waals surface area contributed by atoms with Crippen LogP contribution in [0.25, 0.3) is 92.0 Å². The minimum Gasteiger partial charge on any atom is -0.310 e. The number of aromatic nitrogens is 3. The molecule has 0 aliphatic rings. The Balaban J connectivity index is 1.12. The fraction of sp³-hybridized carbons (Fsp3) is 0. The molecular weight excluding hydrogens is 737 g/mol. The van der Waals surface area contributed by atoms with Gasteiger partial charge in [0.25, 0.3) is 0 Å². The molecule has 5 heteroatoms. The van der Waals surface area contributed by atoms with Crippen LogP contribution in [0.5, 0.6) is 0 Å². The number of fused-ring (bicyclic) bond motifs is 8. The van der Waals surface area contributed by atoms with Gasteiger partial charge in [-0.05, 0) is 83.1 Å². The Morgan fingerprint density at radius 3 is 1.93 bits per heavy atom. The minimum atomic E-state index is 0.650. The highest BCUT2D eigenvalue weighted by Gasteiger charge is 2.22. The number of hydrogen-bond acceptors (Lipinski definition) is 4. The van der Waals surface area contributed by atoms with Gasteiger partial charge >= 0.3 is 0 Å². The SMILES string of the molecule is c1ccc(N(c2ccccc2)c2ccc3sc4cccc(-c5cccc6c7ccccc7n(-c7nc(-c8ccc9ccccc9c8)c8ccccc8n7)c56)c4c3c2)cc1. The lowest BCUT2D eigenvalue weighted by Crippen LogP contribution is -2.09. The molecule has 4 nitrogen and oxygen atoms in total. The summed E-state index contributed by atoms with van der Waals surface area (Å²) >= 11 is 1.85. The normalized spacial score (nSPS) is 11.7. The summed E-state index contributed by atoms with van der Waals surface area (Å²) in [4.78, 5) is 13.2. The molecule has 12 rings (SSSR count). The molecule has 0 bridgehead atoms. The second kappa shape index (κ2) is 13.5. The van der Waals surface area contributed by atoms with Gasteiger partial charge in [0.2, 0.25) is 5.95 Å². The van der Waals surface area contributed by atoms with E-state index < -0.39 is 0 Å². The highest BCUT2D eigenvalue weighted by atomic mass is 32.1. The smallest absolute Gasteiger partial charge is 0.235 e. The summed E-state index contributed by atoms with van der Waals surface area (Å²) in [5, 5.41) is 8.22. The van der Waals surface area contributed by atoms with Crippen molar-refractivity contribution in [2.75, 3.05) is 4.90 Å². The quantitative estimate of drug-likeness (QED) is 0.169. The van der Waals surface area contributed by atoms with Crippen molar-refractivity contribution in [1.29, 1.82) is 0 Å². The number of benzene rings is 9. The van der Waals surface area contributed by atoms with Crippen molar-refractivity contribution in [2.45, 2.75) is 0 Å². The van der Waals surface area contributed by atoms with Crippen molar-refractivity contribution < 1.29 is 0 Å². The van der Waals surface area contributed by atoms with Gasteiger partial charge in [-0.2, -0.15) is 0 Å². The molecule has 0 amide bonds. The summed E-state index contributed by atoms with van der Waals surface area (Å²) in [6.45, 7) is 0. The molecule has 59 heavy (non-hydrogen) atoms. The summed E-state index contributed by atoms with van der Waals surface area (Å²) in [7, 11) is 0. The van der Waals surface area contributed by atoms with E-state index in [0.717, 1.165) is 55.8 Å². The molecule has 0 spiro atoms. The summed E-state index contributed by atoms with van der Waals surface area (Å²) in [5.74, 6) is 0.650. The Bertz CT molecular complexity index is 3530. The maximum Gasteiger partial charge on any atom is 0.235 e.